The number of carbonyl (C=O) groups is 1. The first-order valence-electron chi connectivity index (χ1n) is 4.91. The zero-order chi connectivity index (χ0) is 12.8. The molecule has 0 saturated heterocycles. The summed E-state index contributed by atoms with van der Waals surface area (Å²) in [5, 5.41) is 10.4. The smallest absolute Gasteiger partial charge is 0.383 e. The molecule has 1 amide bonds. The molecule has 0 aliphatic heterocycles. The second-order valence-corrected chi connectivity index (χ2v) is 3.42. The van der Waals surface area contributed by atoms with E-state index in [4.69, 9.17) is 5.11 Å². The zero-order valence-corrected chi connectivity index (χ0v) is 8.85. The fourth-order valence-corrected chi connectivity index (χ4v) is 1.09. The predicted molar refractivity (Wildman–Crippen MR) is 49.4 cm³/mol. The van der Waals surface area contributed by atoms with Gasteiger partial charge in [0.25, 0.3) is 5.91 Å². The Bertz CT molecular complexity index is 224. The van der Waals surface area contributed by atoms with E-state index in [2.05, 4.69) is 0 Å². The summed E-state index contributed by atoms with van der Waals surface area (Å²) in [7, 11) is 0. The fourth-order valence-electron chi connectivity index (χ4n) is 1.09. The highest BCUT2D eigenvalue weighted by Crippen LogP contribution is 2.22. The lowest BCUT2D eigenvalue weighted by Crippen LogP contribution is -2.46. The monoisotopic (exact) mass is 245 g/mol. The van der Waals surface area contributed by atoms with Crippen LogP contribution in [0.25, 0.3) is 0 Å². The summed E-state index contributed by atoms with van der Waals surface area (Å²) in [6.45, 7) is 1.47. The van der Waals surface area contributed by atoms with Gasteiger partial charge in [0.1, 0.15) is 0 Å². The number of halogens is 4. The van der Waals surface area contributed by atoms with Crippen LogP contribution in [0.2, 0.25) is 0 Å². The predicted octanol–water partition coefficient (Wildman–Crippen LogP) is 1.41. The summed E-state index contributed by atoms with van der Waals surface area (Å²) in [5.41, 5.74) is 0. The SMILES string of the molecule is CCC(CCO)CNC(=O)C(F)(F)C(F)F. The zero-order valence-electron chi connectivity index (χ0n) is 8.85. The molecule has 16 heavy (non-hydrogen) atoms. The maximum Gasteiger partial charge on any atom is 0.383 e. The largest absolute Gasteiger partial charge is 0.396 e. The first kappa shape index (κ1) is 15.2. The molecule has 0 heterocycles. The van der Waals surface area contributed by atoms with Gasteiger partial charge in [-0.15, -0.1) is 0 Å². The van der Waals surface area contributed by atoms with Crippen molar-refractivity contribution in [1.82, 2.24) is 5.32 Å². The maximum atomic E-state index is 12.5. The Labute approximate surface area is 90.8 Å². The van der Waals surface area contributed by atoms with Crippen LogP contribution in [-0.4, -0.2) is 36.5 Å². The van der Waals surface area contributed by atoms with Crippen LogP contribution in [0, 0.1) is 5.92 Å². The lowest BCUT2D eigenvalue weighted by atomic mass is 10.0. The van der Waals surface area contributed by atoms with Crippen molar-refractivity contribution < 1.29 is 27.5 Å². The first-order valence-corrected chi connectivity index (χ1v) is 4.91. The van der Waals surface area contributed by atoms with Gasteiger partial charge in [0.15, 0.2) is 0 Å². The van der Waals surface area contributed by atoms with Gasteiger partial charge in [-0.05, 0) is 12.3 Å². The molecule has 0 aliphatic rings. The minimum absolute atomic E-state index is 0.139. The fraction of sp³-hybridized carbons (Fsp3) is 0.889. The first-order chi connectivity index (χ1) is 7.36. The van der Waals surface area contributed by atoms with Gasteiger partial charge in [0.05, 0.1) is 0 Å². The van der Waals surface area contributed by atoms with Gasteiger partial charge in [-0.1, -0.05) is 13.3 Å². The second kappa shape index (κ2) is 6.67. The maximum absolute atomic E-state index is 12.5. The van der Waals surface area contributed by atoms with Crippen molar-refractivity contribution in [3.8, 4) is 0 Å². The third-order valence-electron chi connectivity index (χ3n) is 2.24. The molecule has 0 rings (SSSR count). The molecule has 0 bridgehead atoms. The van der Waals surface area contributed by atoms with Crippen LogP contribution in [0.5, 0.6) is 0 Å². The number of aliphatic hydroxyl groups excluding tert-OH is 1. The summed E-state index contributed by atoms with van der Waals surface area (Å²) in [5.74, 6) is -6.82. The van der Waals surface area contributed by atoms with Gasteiger partial charge in [0, 0.05) is 13.2 Å². The van der Waals surface area contributed by atoms with Crippen molar-refractivity contribution in [2.45, 2.75) is 32.1 Å². The number of hydrogen-bond donors (Lipinski definition) is 2. The van der Waals surface area contributed by atoms with E-state index >= 15 is 0 Å². The topological polar surface area (TPSA) is 49.3 Å². The van der Waals surface area contributed by atoms with E-state index < -0.39 is 18.3 Å². The van der Waals surface area contributed by atoms with E-state index in [-0.39, 0.29) is 19.1 Å². The van der Waals surface area contributed by atoms with Crippen molar-refractivity contribution in [2.75, 3.05) is 13.2 Å². The molecular formula is C9H15F4NO2. The van der Waals surface area contributed by atoms with Crippen LogP contribution in [-0.2, 0) is 4.79 Å². The Morgan fingerprint density at radius 3 is 2.38 bits per heavy atom. The standard InChI is InChI=1S/C9H15F4NO2/c1-2-6(3-4-15)5-14-8(16)9(12,13)7(10)11/h6-7,15H,2-5H2,1H3,(H,14,16). The Morgan fingerprint density at radius 1 is 1.44 bits per heavy atom. The molecule has 0 aliphatic carbocycles. The van der Waals surface area contributed by atoms with Crippen molar-refractivity contribution >= 4 is 5.91 Å². The van der Waals surface area contributed by atoms with E-state index in [1.807, 2.05) is 0 Å². The Hall–Kier alpha value is -0.850. The normalized spacial score (nSPS) is 13.9. The molecule has 1 unspecified atom stereocenters. The van der Waals surface area contributed by atoms with E-state index in [1.165, 1.54) is 0 Å². The number of hydrogen-bond acceptors (Lipinski definition) is 2. The van der Waals surface area contributed by atoms with Crippen molar-refractivity contribution in [1.29, 1.82) is 0 Å². The quantitative estimate of drug-likeness (QED) is 0.666. The second-order valence-electron chi connectivity index (χ2n) is 3.42. The Kier molecular flexibility index (Phi) is 6.32. The van der Waals surface area contributed by atoms with Crippen molar-refractivity contribution in [3.05, 3.63) is 0 Å². The third kappa shape index (κ3) is 4.34. The lowest BCUT2D eigenvalue weighted by Gasteiger charge is -2.18. The minimum Gasteiger partial charge on any atom is -0.396 e. The molecule has 96 valence electrons. The highest BCUT2D eigenvalue weighted by Gasteiger charge is 2.48. The van der Waals surface area contributed by atoms with Crippen molar-refractivity contribution in [3.63, 3.8) is 0 Å². The molecule has 0 aromatic rings. The van der Waals surface area contributed by atoms with E-state index in [0.29, 0.717) is 12.8 Å². The average molecular weight is 245 g/mol. The van der Waals surface area contributed by atoms with E-state index in [0.717, 1.165) is 0 Å². The van der Waals surface area contributed by atoms with Crippen LogP contribution in [0.1, 0.15) is 19.8 Å². The summed E-state index contributed by atoms with van der Waals surface area (Å²) < 4.78 is 48.5. The molecule has 0 aromatic carbocycles. The van der Waals surface area contributed by atoms with E-state index in [1.54, 1.807) is 12.2 Å². The molecule has 1 atom stereocenters. The number of aliphatic hydroxyl groups is 1. The molecule has 0 radical (unpaired) electrons. The third-order valence-corrected chi connectivity index (χ3v) is 2.24. The van der Waals surface area contributed by atoms with Gasteiger partial charge >= 0.3 is 12.3 Å². The summed E-state index contributed by atoms with van der Waals surface area (Å²) in [6, 6.07) is 0. The minimum atomic E-state index is -4.66. The highest BCUT2D eigenvalue weighted by atomic mass is 19.3. The molecule has 3 nitrogen and oxygen atoms in total. The summed E-state index contributed by atoms with van der Waals surface area (Å²) in [6.07, 6.45) is -3.12. The van der Waals surface area contributed by atoms with Gasteiger partial charge in [-0.25, -0.2) is 8.78 Å². The Morgan fingerprint density at radius 2 is 2.00 bits per heavy atom. The number of rotatable bonds is 7. The summed E-state index contributed by atoms with van der Waals surface area (Å²) in [4.78, 5) is 10.7. The van der Waals surface area contributed by atoms with Gasteiger partial charge < -0.3 is 10.4 Å². The van der Waals surface area contributed by atoms with Gasteiger partial charge in [0.2, 0.25) is 0 Å². The summed E-state index contributed by atoms with van der Waals surface area (Å²) >= 11 is 0. The Balaban J connectivity index is 4.15. The molecule has 0 fully saturated rings. The van der Waals surface area contributed by atoms with Crippen LogP contribution < -0.4 is 5.32 Å². The molecule has 7 heteroatoms. The van der Waals surface area contributed by atoms with Crippen LogP contribution in [0.3, 0.4) is 0 Å². The number of carbonyl (C=O) groups excluding carboxylic acids is 1. The number of nitrogens with one attached hydrogen (secondary N) is 1. The van der Waals surface area contributed by atoms with Gasteiger partial charge in [-0.3, -0.25) is 4.79 Å². The highest BCUT2D eigenvalue weighted by molar-refractivity contribution is 5.83. The van der Waals surface area contributed by atoms with Crippen LogP contribution in [0.15, 0.2) is 0 Å². The molecular weight excluding hydrogens is 230 g/mol. The van der Waals surface area contributed by atoms with E-state index in [9.17, 15) is 22.4 Å². The molecule has 2 N–H and O–H groups in total. The number of alkyl halides is 4. The van der Waals surface area contributed by atoms with Crippen LogP contribution in [0.4, 0.5) is 17.6 Å². The number of amides is 1. The average Bonchev–Trinajstić information content (AvgIpc) is 2.23. The molecule has 0 saturated carbocycles. The van der Waals surface area contributed by atoms with Gasteiger partial charge in [-0.2, -0.15) is 8.78 Å². The van der Waals surface area contributed by atoms with Crippen LogP contribution >= 0.6 is 0 Å². The molecule has 0 spiro atoms. The van der Waals surface area contributed by atoms with Crippen molar-refractivity contribution in [2.24, 2.45) is 5.92 Å². The molecule has 0 aromatic heterocycles. The lowest BCUT2D eigenvalue weighted by molar-refractivity contribution is -0.169.